The van der Waals surface area contributed by atoms with Crippen molar-refractivity contribution in [1.82, 2.24) is 0 Å². The normalized spacial score (nSPS) is 9.08. The van der Waals surface area contributed by atoms with Crippen molar-refractivity contribution < 1.29 is 9.18 Å². The number of hydrogen-bond acceptors (Lipinski definition) is 2. The number of nitriles is 1. The topological polar surface area (TPSA) is 40.9 Å². The second-order valence-electron chi connectivity index (χ2n) is 2.42. The van der Waals surface area contributed by atoms with Gasteiger partial charge in [0, 0.05) is 5.56 Å². The van der Waals surface area contributed by atoms with Crippen molar-refractivity contribution in [3.05, 3.63) is 34.6 Å². The van der Waals surface area contributed by atoms with E-state index in [0.717, 1.165) is 6.07 Å². The molecule has 0 spiro atoms. The first-order valence-electron chi connectivity index (χ1n) is 3.34. The fraction of sp³-hybridized carbons (Fsp3) is 0.111. The molecular formula is C9H6FNO. The van der Waals surface area contributed by atoms with Gasteiger partial charge in [-0.1, -0.05) is 0 Å². The smallest absolute Gasteiger partial charge is 0.151 e. The average Bonchev–Trinajstić information content (AvgIpc) is 2.09. The average molecular weight is 163 g/mol. The number of aldehydes is 1. The molecule has 0 bridgehead atoms. The minimum atomic E-state index is -0.461. The number of benzene rings is 1. The minimum absolute atomic E-state index is 0.0769. The highest BCUT2D eigenvalue weighted by atomic mass is 19.1. The molecule has 1 aromatic carbocycles. The Balaban J connectivity index is 3.41. The molecule has 12 heavy (non-hydrogen) atoms. The van der Waals surface area contributed by atoms with Crippen LogP contribution in [0.2, 0.25) is 0 Å². The molecule has 0 atom stereocenters. The zero-order chi connectivity index (χ0) is 9.14. The van der Waals surface area contributed by atoms with E-state index in [1.54, 1.807) is 13.0 Å². The lowest BCUT2D eigenvalue weighted by Crippen LogP contribution is -1.92. The molecule has 0 aliphatic heterocycles. The highest BCUT2D eigenvalue weighted by Crippen LogP contribution is 2.12. The Hall–Kier alpha value is -1.69. The maximum Gasteiger partial charge on any atom is 0.151 e. The SMILES string of the molecule is Cc1cc(C=O)c(C#N)cc1F. The van der Waals surface area contributed by atoms with E-state index in [1.807, 2.05) is 0 Å². The van der Waals surface area contributed by atoms with Gasteiger partial charge in [-0.3, -0.25) is 4.79 Å². The highest BCUT2D eigenvalue weighted by molar-refractivity contribution is 5.79. The minimum Gasteiger partial charge on any atom is -0.298 e. The Bertz CT molecular complexity index is 366. The zero-order valence-corrected chi connectivity index (χ0v) is 6.47. The van der Waals surface area contributed by atoms with Gasteiger partial charge in [0.25, 0.3) is 0 Å². The Morgan fingerprint density at radius 1 is 1.58 bits per heavy atom. The molecule has 0 amide bonds. The van der Waals surface area contributed by atoms with E-state index in [0.29, 0.717) is 11.8 Å². The van der Waals surface area contributed by atoms with Gasteiger partial charge >= 0.3 is 0 Å². The first-order chi connectivity index (χ1) is 5.69. The maximum atomic E-state index is 12.8. The third-order valence-corrected chi connectivity index (χ3v) is 1.58. The number of halogens is 1. The van der Waals surface area contributed by atoms with Crippen molar-refractivity contribution in [2.45, 2.75) is 6.92 Å². The van der Waals surface area contributed by atoms with Crippen LogP contribution in [0.1, 0.15) is 21.5 Å². The maximum absolute atomic E-state index is 12.8. The number of carbonyl (C=O) groups is 1. The molecule has 0 unspecified atom stereocenters. The molecule has 1 rings (SSSR count). The van der Waals surface area contributed by atoms with Gasteiger partial charge in [-0.2, -0.15) is 5.26 Å². The Kier molecular flexibility index (Phi) is 2.20. The third kappa shape index (κ3) is 1.32. The summed E-state index contributed by atoms with van der Waals surface area (Å²) in [5.41, 5.74) is 0.681. The van der Waals surface area contributed by atoms with Gasteiger partial charge in [-0.25, -0.2) is 4.39 Å². The molecule has 0 aliphatic carbocycles. The van der Waals surface area contributed by atoms with E-state index < -0.39 is 5.82 Å². The number of hydrogen-bond donors (Lipinski definition) is 0. The number of carbonyl (C=O) groups excluding carboxylic acids is 1. The summed E-state index contributed by atoms with van der Waals surface area (Å²) >= 11 is 0. The first-order valence-corrected chi connectivity index (χ1v) is 3.34. The fourth-order valence-electron chi connectivity index (χ4n) is 0.898. The summed E-state index contributed by atoms with van der Waals surface area (Å²) in [7, 11) is 0. The summed E-state index contributed by atoms with van der Waals surface area (Å²) in [5, 5.41) is 8.49. The lowest BCUT2D eigenvalue weighted by atomic mass is 10.1. The van der Waals surface area contributed by atoms with Crippen LogP contribution in [0.5, 0.6) is 0 Å². The van der Waals surface area contributed by atoms with Gasteiger partial charge in [0.15, 0.2) is 6.29 Å². The van der Waals surface area contributed by atoms with Crippen LogP contribution in [0.3, 0.4) is 0 Å². The molecular weight excluding hydrogens is 157 g/mol. The van der Waals surface area contributed by atoms with E-state index in [9.17, 15) is 9.18 Å². The van der Waals surface area contributed by atoms with Gasteiger partial charge < -0.3 is 0 Å². The molecule has 0 saturated carbocycles. The summed E-state index contributed by atoms with van der Waals surface area (Å²) in [5.74, 6) is -0.461. The van der Waals surface area contributed by atoms with E-state index in [4.69, 9.17) is 5.26 Å². The molecule has 1 aromatic rings. The fourth-order valence-corrected chi connectivity index (χ4v) is 0.898. The molecule has 0 aromatic heterocycles. The quantitative estimate of drug-likeness (QED) is 0.592. The molecule has 60 valence electrons. The number of rotatable bonds is 1. The van der Waals surface area contributed by atoms with Crippen molar-refractivity contribution in [2.24, 2.45) is 0 Å². The molecule has 0 radical (unpaired) electrons. The molecule has 0 N–H and O–H groups in total. The standard InChI is InChI=1S/C9H6FNO/c1-6-2-8(5-12)7(4-11)3-9(6)10/h2-3,5H,1H3. The van der Waals surface area contributed by atoms with Crippen LogP contribution in [0.4, 0.5) is 4.39 Å². The molecule has 0 fully saturated rings. The van der Waals surface area contributed by atoms with Crippen LogP contribution in [0.15, 0.2) is 12.1 Å². The van der Waals surface area contributed by atoms with E-state index in [1.165, 1.54) is 6.07 Å². The molecule has 2 nitrogen and oxygen atoms in total. The van der Waals surface area contributed by atoms with Gasteiger partial charge in [0.05, 0.1) is 11.6 Å². The molecule has 0 heterocycles. The van der Waals surface area contributed by atoms with Gasteiger partial charge in [-0.05, 0) is 24.6 Å². The van der Waals surface area contributed by atoms with E-state index >= 15 is 0 Å². The van der Waals surface area contributed by atoms with Crippen LogP contribution in [-0.4, -0.2) is 6.29 Å². The Labute approximate surface area is 69.2 Å². The Morgan fingerprint density at radius 3 is 2.75 bits per heavy atom. The molecule has 0 saturated heterocycles. The van der Waals surface area contributed by atoms with Crippen molar-refractivity contribution in [3.8, 4) is 6.07 Å². The second-order valence-corrected chi connectivity index (χ2v) is 2.42. The van der Waals surface area contributed by atoms with Crippen LogP contribution in [0, 0.1) is 24.1 Å². The summed E-state index contributed by atoms with van der Waals surface area (Å²) in [6.45, 7) is 1.55. The monoisotopic (exact) mass is 163 g/mol. The Morgan fingerprint density at radius 2 is 2.25 bits per heavy atom. The highest BCUT2D eigenvalue weighted by Gasteiger charge is 2.05. The summed E-state index contributed by atoms with van der Waals surface area (Å²) in [4.78, 5) is 10.4. The van der Waals surface area contributed by atoms with Gasteiger partial charge in [0.2, 0.25) is 0 Å². The molecule has 0 aliphatic rings. The van der Waals surface area contributed by atoms with Crippen LogP contribution in [0.25, 0.3) is 0 Å². The first kappa shape index (κ1) is 8.41. The van der Waals surface area contributed by atoms with Gasteiger partial charge in [0.1, 0.15) is 5.82 Å². The second kappa shape index (κ2) is 3.14. The predicted molar refractivity (Wildman–Crippen MR) is 41.2 cm³/mol. The summed E-state index contributed by atoms with van der Waals surface area (Å²) < 4.78 is 12.8. The van der Waals surface area contributed by atoms with E-state index in [-0.39, 0.29) is 11.1 Å². The summed E-state index contributed by atoms with van der Waals surface area (Å²) in [6.07, 6.45) is 0.547. The lowest BCUT2D eigenvalue weighted by Gasteiger charge is -1.98. The van der Waals surface area contributed by atoms with Gasteiger partial charge in [-0.15, -0.1) is 0 Å². The largest absolute Gasteiger partial charge is 0.298 e. The predicted octanol–water partition coefficient (Wildman–Crippen LogP) is 1.82. The number of nitrogens with zero attached hydrogens (tertiary/aromatic N) is 1. The zero-order valence-electron chi connectivity index (χ0n) is 6.47. The van der Waals surface area contributed by atoms with Crippen LogP contribution < -0.4 is 0 Å². The van der Waals surface area contributed by atoms with Crippen molar-refractivity contribution in [1.29, 1.82) is 5.26 Å². The third-order valence-electron chi connectivity index (χ3n) is 1.58. The number of aryl methyl sites for hydroxylation is 1. The lowest BCUT2D eigenvalue weighted by molar-refractivity contribution is 0.112. The van der Waals surface area contributed by atoms with Crippen LogP contribution in [-0.2, 0) is 0 Å². The van der Waals surface area contributed by atoms with Crippen LogP contribution >= 0.6 is 0 Å². The molecule has 3 heteroatoms. The van der Waals surface area contributed by atoms with Crippen molar-refractivity contribution >= 4 is 6.29 Å². The summed E-state index contributed by atoms with van der Waals surface area (Å²) in [6, 6.07) is 4.17. The van der Waals surface area contributed by atoms with Crippen molar-refractivity contribution in [3.63, 3.8) is 0 Å². The van der Waals surface area contributed by atoms with E-state index in [2.05, 4.69) is 0 Å². The van der Waals surface area contributed by atoms with Crippen molar-refractivity contribution in [2.75, 3.05) is 0 Å².